The minimum atomic E-state index is -4.54. The lowest BCUT2D eigenvalue weighted by molar-refractivity contribution is -0.137. The Bertz CT molecular complexity index is 680. The van der Waals surface area contributed by atoms with Gasteiger partial charge in [-0.05, 0) is 34.3 Å². The van der Waals surface area contributed by atoms with Gasteiger partial charge in [0.1, 0.15) is 16.1 Å². The summed E-state index contributed by atoms with van der Waals surface area (Å²) in [5, 5.41) is 3.72. The van der Waals surface area contributed by atoms with Gasteiger partial charge < -0.3 is 5.73 Å². The molecule has 0 amide bonds. The third kappa shape index (κ3) is 3.13. The van der Waals surface area contributed by atoms with Crippen LogP contribution in [0, 0.1) is 0 Å². The van der Waals surface area contributed by atoms with Gasteiger partial charge in [-0.15, -0.1) is 11.8 Å². The summed E-state index contributed by atoms with van der Waals surface area (Å²) in [7, 11) is 0. The summed E-state index contributed by atoms with van der Waals surface area (Å²) in [6.07, 6.45) is -2.75. The zero-order valence-electron chi connectivity index (χ0n) is 10.3. The molecule has 114 valence electrons. The quantitative estimate of drug-likeness (QED) is 0.673. The van der Waals surface area contributed by atoms with Gasteiger partial charge in [0.15, 0.2) is 0 Å². The summed E-state index contributed by atoms with van der Waals surface area (Å²) in [4.78, 5) is 0.641. The van der Waals surface area contributed by atoms with Crippen LogP contribution >= 0.6 is 50.9 Å². The zero-order valence-corrected chi connectivity index (χ0v) is 14.2. The normalized spacial score (nSPS) is 12.0. The molecule has 0 spiro atoms. The molecule has 2 N–H and O–H groups in total. The van der Waals surface area contributed by atoms with Crippen LogP contribution in [0.4, 0.5) is 19.0 Å². The molecular weight excluding hydrogens is 414 g/mol. The van der Waals surface area contributed by atoms with Crippen LogP contribution in [0.5, 0.6) is 0 Å². The number of benzene rings is 1. The smallest absolute Gasteiger partial charge is 0.383 e. The van der Waals surface area contributed by atoms with E-state index in [2.05, 4.69) is 21.0 Å². The highest BCUT2D eigenvalue weighted by molar-refractivity contribution is 9.10. The third-order valence-corrected chi connectivity index (χ3v) is 4.80. The lowest BCUT2D eigenvalue weighted by atomic mass is 10.2. The Kier molecular flexibility index (Phi) is 4.72. The first kappa shape index (κ1) is 16.8. The van der Waals surface area contributed by atoms with Crippen LogP contribution in [-0.4, -0.2) is 16.0 Å². The van der Waals surface area contributed by atoms with E-state index < -0.39 is 11.7 Å². The van der Waals surface area contributed by atoms with Gasteiger partial charge in [0.25, 0.3) is 0 Å². The van der Waals surface area contributed by atoms with Crippen molar-refractivity contribution in [3.8, 4) is 5.69 Å². The van der Waals surface area contributed by atoms with E-state index in [1.165, 1.54) is 16.4 Å². The second-order valence-electron chi connectivity index (χ2n) is 3.91. The van der Waals surface area contributed by atoms with Crippen molar-refractivity contribution >= 4 is 56.7 Å². The molecule has 1 aromatic carbocycles. The van der Waals surface area contributed by atoms with E-state index in [-0.39, 0.29) is 21.6 Å². The minimum Gasteiger partial charge on any atom is -0.383 e. The zero-order chi connectivity index (χ0) is 15.9. The minimum absolute atomic E-state index is 0.102. The maximum atomic E-state index is 12.7. The topological polar surface area (TPSA) is 43.8 Å². The van der Waals surface area contributed by atoms with Gasteiger partial charge in [0, 0.05) is 0 Å². The van der Waals surface area contributed by atoms with Gasteiger partial charge >= 0.3 is 6.18 Å². The lowest BCUT2D eigenvalue weighted by Crippen LogP contribution is -2.08. The van der Waals surface area contributed by atoms with Gasteiger partial charge in [0.05, 0.1) is 20.5 Å². The Labute approximate surface area is 140 Å². The van der Waals surface area contributed by atoms with E-state index in [4.69, 9.17) is 28.9 Å². The standard InChI is InChI=1S/C11H7BrCl2F3N3S/c1-21-8-9(12)19-20(10(8)18)7-5(13)2-4(3-6(7)14)11(15,16)17/h2-3H,18H2,1H3. The van der Waals surface area contributed by atoms with E-state index in [0.29, 0.717) is 9.50 Å². The van der Waals surface area contributed by atoms with Crippen LogP contribution in [0.3, 0.4) is 0 Å². The van der Waals surface area contributed by atoms with E-state index in [1.54, 1.807) is 6.26 Å². The van der Waals surface area contributed by atoms with E-state index in [9.17, 15) is 13.2 Å². The molecule has 2 rings (SSSR count). The number of nitrogens with two attached hydrogens (primary N) is 1. The number of nitrogen functional groups attached to an aromatic ring is 1. The molecule has 0 aliphatic heterocycles. The predicted octanol–water partition coefficient (Wildman–Crippen LogP) is 5.26. The third-order valence-electron chi connectivity index (χ3n) is 2.60. The summed E-state index contributed by atoms with van der Waals surface area (Å²) in [6.45, 7) is 0. The average molecular weight is 421 g/mol. The largest absolute Gasteiger partial charge is 0.416 e. The number of hydrogen-bond donors (Lipinski definition) is 1. The van der Waals surface area contributed by atoms with Crippen molar-refractivity contribution in [2.45, 2.75) is 11.1 Å². The van der Waals surface area contributed by atoms with Crippen LogP contribution in [0.15, 0.2) is 21.6 Å². The number of anilines is 1. The molecule has 10 heteroatoms. The van der Waals surface area contributed by atoms with Gasteiger partial charge in [-0.3, -0.25) is 0 Å². The SMILES string of the molecule is CSc1c(Br)nn(-c2c(Cl)cc(C(F)(F)F)cc2Cl)c1N. The van der Waals surface area contributed by atoms with Crippen LogP contribution in [0.1, 0.15) is 5.56 Å². The molecule has 0 saturated heterocycles. The van der Waals surface area contributed by atoms with Crippen LogP contribution in [0.2, 0.25) is 10.0 Å². The second kappa shape index (κ2) is 5.91. The molecule has 0 bridgehead atoms. The molecule has 2 aromatic rings. The second-order valence-corrected chi connectivity index (χ2v) is 6.29. The molecule has 1 heterocycles. The molecule has 0 aliphatic carbocycles. The highest BCUT2D eigenvalue weighted by atomic mass is 79.9. The summed E-state index contributed by atoms with van der Waals surface area (Å²) < 4.78 is 39.8. The van der Waals surface area contributed by atoms with Crippen molar-refractivity contribution in [2.75, 3.05) is 12.0 Å². The van der Waals surface area contributed by atoms with Crippen molar-refractivity contribution in [1.29, 1.82) is 0 Å². The van der Waals surface area contributed by atoms with E-state index in [0.717, 1.165) is 12.1 Å². The maximum Gasteiger partial charge on any atom is 0.416 e. The summed E-state index contributed by atoms with van der Waals surface area (Å²) in [5.74, 6) is 0.234. The number of nitrogens with zero attached hydrogens (tertiary/aromatic N) is 2. The highest BCUT2D eigenvalue weighted by Crippen LogP contribution is 2.40. The Hall–Kier alpha value is -0.570. The van der Waals surface area contributed by atoms with Crippen LogP contribution in [0.25, 0.3) is 5.69 Å². The number of rotatable bonds is 2. The first-order valence-corrected chi connectivity index (χ1v) is 8.08. The Morgan fingerprint density at radius 1 is 1.29 bits per heavy atom. The predicted molar refractivity (Wildman–Crippen MR) is 82.5 cm³/mol. The molecule has 0 aliphatic rings. The Morgan fingerprint density at radius 3 is 2.19 bits per heavy atom. The van der Waals surface area contributed by atoms with Crippen molar-refractivity contribution < 1.29 is 13.2 Å². The van der Waals surface area contributed by atoms with Crippen molar-refractivity contribution in [2.24, 2.45) is 0 Å². The molecule has 21 heavy (non-hydrogen) atoms. The van der Waals surface area contributed by atoms with E-state index >= 15 is 0 Å². The fourth-order valence-corrected chi connectivity index (χ4v) is 3.68. The fraction of sp³-hybridized carbons (Fsp3) is 0.182. The number of halogens is 6. The van der Waals surface area contributed by atoms with E-state index in [1.807, 2.05) is 0 Å². The molecule has 0 atom stereocenters. The average Bonchev–Trinajstić information content (AvgIpc) is 2.62. The van der Waals surface area contributed by atoms with Crippen LogP contribution in [-0.2, 0) is 6.18 Å². The molecule has 3 nitrogen and oxygen atoms in total. The number of thioether (sulfide) groups is 1. The molecule has 0 unspecified atom stereocenters. The first-order valence-electron chi connectivity index (χ1n) is 5.31. The molecule has 0 saturated carbocycles. The maximum absolute atomic E-state index is 12.7. The number of aromatic nitrogens is 2. The van der Waals surface area contributed by atoms with Gasteiger partial charge in [-0.2, -0.15) is 18.3 Å². The monoisotopic (exact) mass is 419 g/mol. The summed E-state index contributed by atoms with van der Waals surface area (Å²) >= 11 is 16.4. The van der Waals surface area contributed by atoms with Gasteiger partial charge in [-0.1, -0.05) is 23.2 Å². The number of alkyl halides is 3. The molecule has 1 aromatic heterocycles. The van der Waals surface area contributed by atoms with Crippen molar-refractivity contribution in [3.05, 3.63) is 32.3 Å². The first-order chi connectivity index (χ1) is 9.66. The van der Waals surface area contributed by atoms with Crippen LogP contribution < -0.4 is 5.73 Å². The lowest BCUT2D eigenvalue weighted by Gasteiger charge is -2.13. The summed E-state index contributed by atoms with van der Waals surface area (Å²) in [6, 6.07) is 1.58. The van der Waals surface area contributed by atoms with Crippen molar-refractivity contribution in [1.82, 2.24) is 9.78 Å². The number of hydrogen-bond acceptors (Lipinski definition) is 3. The Balaban J connectivity index is 2.66. The van der Waals surface area contributed by atoms with Gasteiger partial charge in [-0.25, -0.2) is 4.68 Å². The molecule has 0 radical (unpaired) electrons. The van der Waals surface area contributed by atoms with Crippen molar-refractivity contribution in [3.63, 3.8) is 0 Å². The summed E-state index contributed by atoms with van der Waals surface area (Å²) in [5.41, 5.74) is 5.09. The molecule has 0 fully saturated rings. The Morgan fingerprint density at radius 2 is 1.81 bits per heavy atom. The molecular formula is C11H7BrCl2F3N3S. The fourth-order valence-electron chi connectivity index (χ4n) is 1.68. The highest BCUT2D eigenvalue weighted by Gasteiger charge is 2.32. The van der Waals surface area contributed by atoms with Gasteiger partial charge in [0.2, 0.25) is 0 Å².